The molecule has 0 spiro atoms. The van der Waals surface area contributed by atoms with Crippen LogP contribution in [0.5, 0.6) is 5.75 Å². The van der Waals surface area contributed by atoms with Gasteiger partial charge in [-0.3, -0.25) is 10.1 Å². The number of benzene rings is 1. The normalized spacial score (nSPS) is 10.8. The quantitative estimate of drug-likeness (QED) is 0.501. The number of nitrogens with zero attached hydrogens (tertiary/aromatic N) is 1. The Morgan fingerprint density at radius 3 is 2.61 bits per heavy atom. The molecular weight excluding hydrogens is 356 g/mol. The molecule has 0 bridgehead atoms. The van der Waals surface area contributed by atoms with Crippen LogP contribution < -0.4 is 9.46 Å². The van der Waals surface area contributed by atoms with Crippen LogP contribution in [0.3, 0.4) is 0 Å². The highest BCUT2D eigenvalue weighted by atomic mass is 79.9. The van der Waals surface area contributed by atoms with E-state index in [1.54, 1.807) is 0 Å². The molecule has 18 heavy (non-hydrogen) atoms. The molecule has 1 aromatic rings. The van der Waals surface area contributed by atoms with Gasteiger partial charge in [-0.2, -0.15) is 8.42 Å². The number of carbonyl (C=O) groups is 1. The highest BCUT2D eigenvalue weighted by Crippen LogP contribution is 2.34. The molecule has 0 aliphatic heterocycles. The number of ether oxygens (including phenoxy) is 1. The van der Waals surface area contributed by atoms with E-state index in [0.717, 1.165) is 6.07 Å². The fourth-order valence-electron chi connectivity index (χ4n) is 0.955. The Labute approximate surface area is 114 Å². The number of nitro groups is 1. The van der Waals surface area contributed by atoms with E-state index >= 15 is 0 Å². The van der Waals surface area contributed by atoms with E-state index < -0.39 is 31.7 Å². The molecule has 11 heteroatoms. The smallest absolute Gasteiger partial charge is 0.401 e. The average molecular weight is 360 g/mol. The van der Waals surface area contributed by atoms with Crippen molar-refractivity contribution in [2.24, 2.45) is 0 Å². The Morgan fingerprint density at radius 1 is 1.50 bits per heavy atom. The zero-order valence-electron chi connectivity index (χ0n) is 8.29. The molecule has 0 radical (unpaired) electrons. The van der Waals surface area contributed by atoms with Crippen LogP contribution in [0.2, 0.25) is 0 Å². The van der Waals surface area contributed by atoms with E-state index in [1.165, 1.54) is 16.9 Å². The number of hydrogen-bond donors (Lipinski definition) is 1. The molecule has 1 amide bonds. The first-order valence-electron chi connectivity index (χ1n) is 4.08. The molecule has 0 unspecified atom stereocenters. The van der Waals surface area contributed by atoms with E-state index in [-0.39, 0.29) is 4.47 Å². The number of rotatable bonds is 3. The molecule has 0 aromatic heterocycles. The first kappa shape index (κ1) is 14.7. The van der Waals surface area contributed by atoms with Crippen LogP contribution in [-0.2, 0) is 9.24 Å². The minimum atomic E-state index is -4.33. The Bertz CT molecular complexity index is 604. The summed E-state index contributed by atoms with van der Waals surface area (Å²) in [5, 5.41) is 10.7. The van der Waals surface area contributed by atoms with Crippen LogP contribution in [-0.4, -0.2) is 19.4 Å². The predicted octanol–water partition coefficient (Wildman–Crippen LogP) is 1.93. The maximum Gasteiger partial charge on any atom is 0.427 e. The number of nitro benzene ring substituents is 1. The van der Waals surface area contributed by atoms with Gasteiger partial charge >= 0.3 is 21.0 Å². The highest BCUT2D eigenvalue weighted by Gasteiger charge is 2.22. The third-order valence-electron chi connectivity index (χ3n) is 1.54. The van der Waals surface area contributed by atoms with Crippen LogP contribution in [0.25, 0.3) is 0 Å². The third-order valence-corrected chi connectivity index (χ3v) is 2.81. The molecule has 0 aliphatic rings. The number of halogens is 2. The molecule has 1 N–H and O–H groups in total. The van der Waals surface area contributed by atoms with Crippen molar-refractivity contribution in [1.29, 1.82) is 0 Å². The number of carbonyl (C=O) groups excluding carboxylic acids is 1. The summed E-state index contributed by atoms with van der Waals surface area (Å²) < 4.78 is 27.0. The van der Waals surface area contributed by atoms with Gasteiger partial charge in [-0.1, -0.05) is 6.07 Å². The van der Waals surface area contributed by atoms with Gasteiger partial charge < -0.3 is 4.74 Å². The van der Waals surface area contributed by atoms with E-state index in [9.17, 15) is 23.3 Å². The first-order chi connectivity index (χ1) is 8.20. The van der Waals surface area contributed by atoms with Gasteiger partial charge in [-0.25, -0.2) is 9.52 Å². The van der Waals surface area contributed by atoms with Crippen molar-refractivity contribution >= 4 is 47.6 Å². The van der Waals surface area contributed by atoms with E-state index in [0.29, 0.717) is 0 Å². The first-order valence-corrected chi connectivity index (χ1v) is 7.18. The van der Waals surface area contributed by atoms with Gasteiger partial charge in [0, 0.05) is 16.7 Å². The summed E-state index contributed by atoms with van der Waals surface area (Å²) in [6, 6.07) is 3.82. The van der Waals surface area contributed by atoms with Crippen molar-refractivity contribution in [3.8, 4) is 5.75 Å². The molecule has 0 aliphatic carbocycles. The number of amides is 1. The molecule has 1 rings (SSSR count). The van der Waals surface area contributed by atoms with Crippen LogP contribution in [0, 0.1) is 10.1 Å². The van der Waals surface area contributed by atoms with Crippen LogP contribution >= 0.6 is 26.6 Å². The maximum absolute atomic E-state index is 11.1. The molecular formula is C7H4BrClN2O6S. The summed E-state index contributed by atoms with van der Waals surface area (Å²) in [7, 11) is 0.424. The zero-order valence-corrected chi connectivity index (χ0v) is 11.5. The summed E-state index contributed by atoms with van der Waals surface area (Å²) in [4.78, 5) is 21.0. The van der Waals surface area contributed by atoms with E-state index in [4.69, 9.17) is 10.7 Å². The zero-order chi connectivity index (χ0) is 13.9. The van der Waals surface area contributed by atoms with Gasteiger partial charge in [0.1, 0.15) is 0 Å². The fraction of sp³-hybridized carbons (Fsp3) is 0. The average Bonchev–Trinajstić information content (AvgIpc) is 2.17. The Morgan fingerprint density at radius 2 is 2.11 bits per heavy atom. The van der Waals surface area contributed by atoms with Gasteiger partial charge in [0.25, 0.3) is 0 Å². The molecule has 0 heterocycles. The van der Waals surface area contributed by atoms with Crippen molar-refractivity contribution in [2.45, 2.75) is 0 Å². The van der Waals surface area contributed by atoms with Crippen molar-refractivity contribution in [3.63, 3.8) is 0 Å². The van der Waals surface area contributed by atoms with Gasteiger partial charge in [0.05, 0.1) is 9.40 Å². The lowest BCUT2D eigenvalue weighted by Gasteiger charge is -2.06. The molecule has 0 atom stereocenters. The van der Waals surface area contributed by atoms with Crippen molar-refractivity contribution in [1.82, 2.24) is 4.72 Å². The van der Waals surface area contributed by atoms with Crippen molar-refractivity contribution in [2.75, 3.05) is 0 Å². The second kappa shape index (κ2) is 5.50. The minimum Gasteiger partial charge on any atom is -0.401 e. The second-order valence-electron chi connectivity index (χ2n) is 2.77. The summed E-state index contributed by atoms with van der Waals surface area (Å²) in [6.07, 6.45) is -1.46. The number of hydrogen-bond acceptors (Lipinski definition) is 6. The Balaban J connectivity index is 3.04. The van der Waals surface area contributed by atoms with Gasteiger partial charge in [-0.15, -0.1) is 0 Å². The molecule has 0 saturated carbocycles. The second-order valence-corrected chi connectivity index (χ2v) is 5.93. The van der Waals surface area contributed by atoms with Gasteiger partial charge in [0.15, 0.2) is 0 Å². The van der Waals surface area contributed by atoms with Crippen LogP contribution in [0.15, 0.2) is 22.7 Å². The largest absolute Gasteiger partial charge is 0.427 e. The van der Waals surface area contributed by atoms with Crippen LogP contribution in [0.1, 0.15) is 0 Å². The lowest BCUT2D eigenvalue weighted by Crippen LogP contribution is -2.29. The monoisotopic (exact) mass is 358 g/mol. The van der Waals surface area contributed by atoms with Crippen molar-refractivity contribution in [3.05, 3.63) is 32.8 Å². The molecule has 8 nitrogen and oxygen atoms in total. The van der Waals surface area contributed by atoms with Crippen molar-refractivity contribution < 1.29 is 22.9 Å². The van der Waals surface area contributed by atoms with E-state index in [1.807, 2.05) is 0 Å². The number of nitrogens with one attached hydrogen (secondary N) is 1. The summed E-state index contributed by atoms with van der Waals surface area (Å²) in [6.45, 7) is 0. The highest BCUT2D eigenvalue weighted by molar-refractivity contribution is 9.10. The molecule has 98 valence electrons. The fourth-order valence-corrected chi connectivity index (χ4v) is 1.82. The van der Waals surface area contributed by atoms with Gasteiger partial charge in [0.2, 0.25) is 5.75 Å². The summed E-state index contributed by atoms with van der Waals surface area (Å²) in [5.74, 6) is -0.430. The minimum absolute atomic E-state index is 0.110. The molecule has 0 fully saturated rings. The SMILES string of the molecule is O=C(NS(=O)(=O)Cl)Oc1c(Br)cccc1[N+](=O)[O-]. The summed E-state index contributed by atoms with van der Waals surface area (Å²) >= 11 is 2.93. The maximum atomic E-state index is 11.1. The summed E-state index contributed by atoms with van der Waals surface area (Å²) in [5.41, 5.74) is -0.508. The van der Waals surface area contributed by atoms with Crippen LogP contribution in [0.4, 0.5) is 10.5 Å². The van der Waals surface area contributed by atoms with Gasteiger partial charge in [-0.05, 0) is 22.0 Å². The standard InChI is InChI=1S/C7H4BrClN2O6S/c8-4-2-1-3-5(11(13)14)6(4)17-7(12)10-18(9,15)16/h1-3H,(H,10,12). The number of para-hydroxylation sites is 1. The topological polar surface area (TPSA) is 116 Å². The third kappa shape index (κ3) is 4.13. The lowest BCUT2D eigenvalue weighted by atomic mass is 10.3. The predicted molar refractivity (Wildman–Crippen MR) is 64.7 cm³/mol. The molecule has 1 aromatic carbocycles. The van der Waals surface area contributed by atoms with E-state index in [2.05, 4.69) is 20.7 Å². The Kier molecular flexibility index (Phi) is 4.48. The Hall–Kier alpha value is -1.39. The molecule has 0 saturated heterocycles. The lowest BCUT2D eigenvalue weighted by molar-refractivity contribution is -0.385.